The van der Waals surface area contributed by atoms with Crippen molar-refractivity contribution in [1.82, 2.24) is 0 Å². The molecule has 6 nitrogen and oxygen atoms in total. The van der Waals surface area contributed by atoms with Gasteiger partial charge in [0.25, 0.3) is 0 Å². The summed E-state index contributed by atoms with van der Waals surface area (Å²) < 4.78 is 21.6. The second-order valence-electron chi connectivity index (χ2n) is 10.2. The van der Waals surface area contributed by atoms with Crippen molar-refractivity contribution < 1.29 is 28.4 Å². The fraction of sp³-hybridized carbons (Fsp3) is 0.310. The first-order valence-electron chi connectivity index (χ1n) is 13.1. The van der Waals surface area contributed by atoms with Crippen molar-refractivity contribution in [2.45, 2.75) is 54.4 Å². The summed E-state index contributed by atoms with van der Waals surface area (Å²) in [5.41, 5.74) is 2.59. The van der Waals surface area contributed by atoms with Crippen LogP contribution in [0.25, 0.3) is 0 Å². The van der Waals surface area contributed by atoms with Crippen LogP contribution in [0.15, 0.2) is 82.6 Å². The molecule has 0 saturated carbocycles. The lowest BCUT2D eigenvalue weighted by Crippen LogP contribution is -2.41. The summed E-state index contributed by atoms with van der Waals surface area (Å²) in [6.45, 7) is 8.21. The van der Waals surface area contributed by atoms with Crippen LogP contribution in [0.5, 0.6) is 0 Å². The lowest BCUT2D eigenvalue weighted by Gasteiger charge is -2.32. The van der Waals surface area contributed by atoms with E-state index in [4.69, 9.17) is 14.0 Å². The maximum Gasteiger partial charge on any atom is 0.494 e. The molecule has 13 heteroatoms. The number of carbonyl (C=O) groups is 2. The Labute approximate surface area is 264 Å². The minimum atomic E-state index is -0.667. The summed E-state index contributed by atoms with van der Waals surface area (Å²) in [6, 6.07) is 22.7. The highest BCUT2D eigenvalue weighted by molar-refractivity contribution is 7.98. The molecule has 1 heterocycles. The maximum atomic E-state index is 11.9. The van der Waals surface area contributed by atoms with Gasteiger partial charge in [-0.2, -0.15) is 0 Å². The van der Waals surface area contributed by atoms with Gasteiger partial charge >= 0.3 is 19.1 Å². The largest absolute Gasteiger partial charge is 0.494 e. The lowest BCUT2D eigenvalue weighted by atomic mass is 9.08. The van der Waals surface area contributed by atoms with E-state index in [0.717, 1.165) is 16.1 Å². The fourth-order valence-electron chi connectivity index (χ4n) is 3.54. The van der Waals surface area contributed by atoms with E-state index in [1.54, 1.807) is 36.0 Å². The van der Waals surface area contributed by atoms with E-state index in [1.807, 2.05) is 36.4 Å². The zero-order valence-electron chi connectivity index (χ0n) is 24.8. The summed E-state index contributed by atoms with van der Waals surface area (Å²) in [6.07, 6.45) is -0.667. The Bertz CT molecular complexity index is 1300. The highest BCUT2D eigenvalue weighted by atomic mass is 32.2. The van der Waals surface area contributed by atoms with Gasteiger partial charge in [-0.05, 0) is 63.0 Å². The van der Waals surface area contributed by atoms with E-state index >= 15 is 0 Å². The Balaban J connectivity index is 0.000000339. The third-order valence-corrected chi connectivity index (χ3v) is 8.04. The molecule has 6 radical (unpaired) electrons. The minimum Gasteiger partial charge on any atom is -0.465 e. The molecule has 1 saturated heterocycles. The van der Waals surface area contributed by atoms with Crippen molar-refractivity contribution in [3.63, 3.8) is 0 Å². The third-order valence-electron chi connectivity index (χ3n) is 6.50. The lowest BCUT2D eigenvalue weighted by molar-refractivity contribution is 0.00578. The molecular weight excluding hydrogens is 563 g/mol. The van der Waals surface area contributed by atoms with Crippen LogP contribution in [-0.2, 0) is 24.5 Å². The first-order valence-corrected chi connectivity index (χ1v) is 14.5. The maximum absolute atomic E-state index is 11.9. The molecule has 0 bridgehead atoms. The summed E-state index contributed by atoms with van der Waals surface area (Å²) in [7, 11) is 16.4. The van der Waals surface area contributed by atoms with Gasteiger partial charge in [-0.1, -0.05) is 48.5 Å². The summed E-state index contributed by atoms with van der Waals surface area (Å²) >= 11 is 5.71. The van der Waals surface area contributed by atoms with Crippen molar-refractivity contribution >= 4 is 78.5 Å². The molecule has 0 unspecified atom stereocenters. The van der Waals surface area contributed by atoms with Crippen molar-refractivity contribution in [3.05, 3.63) is 89.5 Å². The number of carbonyl (C=O) groups excluding carboxylic acids is 2. The van der Waals surface area contributed by atoms with E-state index < -0.39 is 6.39 Å². The Morgan fingerprint density at radius 2 is 1.26 bits per heavy atom. The SMILES string of the molecule is COC(=O)c1ccccc1S.COC(=O)c1ccccc1SCc1ccc(B2OC(C)(C)C(C)(C)O2)cc1.[B]B([B])[B]. The van der Waals surface area contributed by atoms with E-state index in [0.29, 0.717) is 16.0 Å². The van der Waals surface area contributed by atoms with Gasteiger partial charge in [0.05, 0.1) is 36.5 Å². The zero-order valence-corrected chi connectivity index (χ0v) is 26.5. The number of methoxy groups -OCH3 is 2. The quantitative estimate of drug-likeness (QED) is 0.197. The van der Waals surface area contributed by atoms with Gasteiger partial charge < -0.3 is 18.8 Å². The van der Waals surface area contributed by atoms with E-state index in [1.165, 1.54) is 19.8 Å². The smallest absolute Gasteiger partial charge is 0.465 e. The first-order chi connectivity index (χ1) is 19.7. The molecule has 0 aromatic heterocycles. The van der Waals surface area contributed by atoms with Crippen molar-refractivity contribution in [3.8, 4) is 0 Å². The number of thioether (sulfide) groups is 1. The molecule has 1 fully saturated rings. The second kappa shape index (κ2) is 16.4. The molecule has 0 N–H and O–H groups in total. The molecule has 0 aliphatic carbocycles. The minimum absolute atomic E-state index is 0.311. The van der Waals surface area contributed by atoms with Crippen LogP contribution in [0.1, 0.15) is 54.0 Å². The second-order valence-corrected chi connectivity index (χ2v) is 11.7. The van der Waals surface area contributed by atoms with Crippen LogP contribution in [0.4, 0.5) is 0 Å². The Hall–Kier alpha value is -2.46. The number of benzene rings is 3. The predicted octanol–water partition coefficient (Wildman–Crippen LogP) is 4.30. The van der Waals surface area contributed by atoms with Crippen LogP contribution in [-0.4, -0.2) is 74.1 Å². The number of hydrogen-bond donors (Lipinski definition) is 1. The average molecular weight is 596 g/mol. The predicted molar refractivity (Wildman–Crippen MR) is 178 cm³/mol. The normalized spacial score (nSPS) is 14.4. The summed E-state index contributed by atoms with van der Waals surface area (Å²) in [5, 5.41) is 0. The van der Waals surface area contributed by atoms with Crippen LogP contribution in [0, 0.1) is 0 Å². The molecule has 1 aliphatic rings. The molecule has 3 aromatic carbocycles. The van der Waals surface area contributed by atoms with Crippen molar-refractivity contribution in [2.75, 3.05) is 14.2 Å². The van der Waals surface area contributed by atoms with Crippen LogP contribution in [0.3, 0.4) is 0 Å². The zero-order chi connectivity index (χ0) is 31.5. The van der Waals surface area contributed by atoms with Gasteiger partial charge in [0.2, 0.25) is 0 Å². The summed E-state index contributed by atoms with van der Waals surface area (Å²) in [4.78, 5) is 24.4. The summed E-state index contributed by atoms with van der Waals surface area (Å²) in [5.74, 6) is 0.0993. The molecule has 0 amide bonds. The highest BCUT2D eigenvalue weighted by Crippen LogP contribution is 2.36. The molecular formula is C29H33B5O6S2. The molecule has 1 aliphatic heterocycles. The Kier molecular flexibility index (Phi) is 14.0. The average Bonchev–Trinajstić information content (AvgIpc) is 3.18. The van der Waals surface area contributed by atoms with E-state index in [2.05, 4.69) is 80.4 Å². The van der Waals surface area contributed by atoms with Gasteiger partial charge in [0.1, 0.15) is 0 Å². The van der Waals surface area contributed by atoms with Crippen LogP contribution >= 0.6 is 24.4 Å². The van der Waals surface area contributed by atoms with Gasteiger partial charge in [-0.3, -0.25) is 0 Å². The van der Waals surface area contributed by atoms with E-state index in [-0.39, 0.29) is 30.3 Å². The number of thiol groups is 1. The molecule has 212 valence electrons. The topological polar surface area (TPSA) is 71.1 Å². The standard InChI is InChI=1S/C21H25BO4S.C8H8O2S.B4/c1-20(2)21(3,4)26-22(25-20)16-12-10-15(11-13-16)14-27-18-9-7-6-8-17(18)19(23)24-5;1-10-8(9)6-4-2-3-5-7(6)11;1-4(2)3/h6-13H,14H2,1-5H3;2-5,11H,1H3;. The molecule has 0 atom stereocenters. The van der Waals surface area contributed by atoms with Crippen LogP contribution in [0.2, 0.25) is 0 Å². The van der Waals surface area contributed by atoms with Crippen molar-refractivity contribution in [2.24, 2.45) is 0 Å². The Morgan fingerprint density at radius 3 is 1.76 bits per heavy atom. The van der Waals surface area contributed by atoms with Gasteiger partial charge in [0, 0.05) is 45.1 Å². The number of rotatable bonds is 6. The molecule has 0 spiro atoms. The fourth-order valence-corrected chi connectivity index (χ4v) is 4.79. The highest BCUT2D eigenvalue weighted by Gasteiger charge is 2.51. The molecule has 42 heavy (non-hydrogen) atoms. The Morgan fingerprint density at radius 1 is 0.810 bits per heavy atom. The number of hydrogen-bond acceptors (Lipinski definition) is 8. The monoisotopic (exact) mass is 596 g/mol. The van der Waals surface area contributed by atoms with Gasteiger partial charge in [-0.25, -0.2) is 9.59 Å². The first kappa shape index (κ1) is 35.7. The van der Waals surface area contributed by atoms with E-state index in [9.17, 15) is 9.59 Å². The van der Waals surface area contributed by atoms with Crippen LogP contribution < -0.4 is 5.46 Å². The molecule has 3 aromatic rings. The number of ether oxygens (including phenoxy) is 2. The third kappa shape index (κ3) is 10.4. The van der Waals surface area contributed by atoms with Gasteiger partial charge in [0.15, 0.2) is 0 Å². The molecule has 4 rings (SSSR count). The number of esters is 2. The van der Waals surface area contributed by atoms with Gasteiger partial charge in [-0.15, -0.1) is 24.4 Å². The van der Waals surface area contributed by atoms with Crippen molar-refractivity contribution in [1.29, 1.82) is 0 Å².